The van der Waals surface area contributed by atoms with E-state index in [1.807, 2.05) is 13.8 Å². The van der Waals surface area contributed by atoms with Crippen molar-refractivity contribution in [3.8, 4) is 0 Å². The third-order valence-corrected chi connectivity index (χ3v) is 4.80. The summed E-state index contributed by atoms with van der Waals surface area (Å²) < 4.78 is 5.79. The van der Waals surface area contributed by atoms with Crippen LogP contribution in [0.25, 0.3) is 0 Å². The molecule has 2 aliphatic heterocycles. The Bertz CT molecular complexity index is 361. The van der Waals surface area contributed by atoms with Gasteiger partial charge in [-0.1, -0.05) is 6.92 Å². The second kappa shape index (κ2) is 10.0. The minimum Gasteiger partial charge on any atom is -0.373 e. The molecule has 0 saturated carbocycles. The van der Waals surface area contributed by atoms with Gasteiger partial charge < -0.3 is 15.4 Å². The molecule has 0 radical (unpaired) electrons. The van der Waals surface area contributed by atoms with E-state index in [0.717, 1.165) is 39.0 Å². The quantitative estimate of drug-likeness (QED) is 0.822. The van der Waals surface area contributed by atoms with Crippen molar-refractivity contribution in [1.29, 1.82) is 0 Å². The molecule has 5 atom stereocenters. The number of rotatable bonds is 4. The topological polar surface area (TPSA) is 58.8 Å². The first kappa shape index (κ1) is 22.9. The van der Waals surface area contributed by atoms with Crippen LogP contribution in [0.4, 0.5) is 0 Å². The standard InChI is InChI=1S/C16H31N3O2.2ClH/c1-11-8-18(9-12(2)21-11)10-15-6-5-7-19(15)16(20)13(3)14(4)17;;/h11-15H,5-10,17H2,1-4H3;2*1H. The molecule has 0 aliphatic carbocycles. The first-order valence-corrected chi connectivity index (χ1v) is 8.32. The maximum atomic E-state index is 12.6. The van der Waals surface area contributed by atoms with E-state index in [1.165, 1.54) is 0 Å². The predicted octanol–water partition coefficient (Wildman–Crippen LogP) is 1.91. The van der Waals surface area contributed by atoms with Crippen molar-refractivity contribution >= 4 is 30.7 Å². The van der Waals surface area contributed by atoms with Gasteiger partial charge in [-0.3, -0.25) is 9.69 Å². The fourth-order valence-corrected chi connectivity index (χ4v) is 3.53. The van der Waals surface area contributed by atoms with Gasteiger partial charge in [0.2, 0.25) is 5.91 Å². The van der Waals surface area contributed by atoms with Gasteiger partial charge >= 0.3 is 0 Å². The number of hydrogen-bond acceptors (Lipinski definition) is 4. The smallest absolute Gasteiger partial charge is 0.227 e. The molecule has 2 saturated heterocycles. The third-order valence-electron chi connectivity index (χ3n) is 4.80. The second-order valence-electron chi connectivity index (χ2n) is 6.95. The summed E-state index contributed by atoms with van der Waals surface area (Å²) in [5.74, 6) is 0.134. The minimum absolute atomic E-state index is 0. The van der Waals surface area contributed by atoms with Crippen molar-refractivity contribution in [3.63, 3.8) is 0 Å². The molecule has 5 unspecified atom stereocenters. The molecule has 0 spiro atoms. The van der Waals surface area contributed by atoms with Gasteiger partial charge in [0, 0.05) is 38.3 Å². The Morgan fingerprint density at radius 3 is 2.30 bits per heavy atom. The van der Waals surface area contributed by atoms with Gasteiger partial charge in [-0.2, -0.15) is 0 Å². The number of ether oxygens (including phenoxy) is 1. The van der Waals surface area contributed by atoms with Crippen LogP contribution in [0.15, 0.2) is 0 Å². The molecule has 0 aromatic carbocycles. The van der Waals surface area contributed by atoms with Crippen molar-refractivity contribution in [1.82, 2.24) is 9.80 Å². The number of halogens is 2. The molecular weight excluding hydrogens is 337 g/mol. The van der Waals surface area contributed by atoms with E-state index in [9.17, 15) is 4.79 Å². The van der Waals surface area contributed by atoms with E-state index in [0.29, 0.717) is 6.04 Å². The molecule has 2 N–H and O–H groups in total. The lowest BCUT2D eigenvalue weighted by molar-refractivity contribution is -0.137. The van der Waals surface area contributed by atoms with Gasteiger partial charge in [0.25, 0.3) is 0 Å². The fourth-order valence-electron chi connectivity index (χ4n) is 3.53. The van der Waals surface area contributed by atoms with E-state index in [1.54, 1.807) is 0 Å². The van der Waals surface area contributed by atoms with Crippen molar-refractivity contribution < 1.29 is 9.53 Å². The second-order valence-corrected chi connectivity index (χ2v) is 6.95. The Hall–Kier alpha value is -0.0700. The van der Waals surface area contributed by atoms with Gasteiger partial charge in [-0.05, 0) is 33.6 Å². The molecule has 0 aromatic rings. The van der Waals surface area contributed by atoms with Crippen LogP contribution in [-0.4, -0.2) is 66.2 Å². The molecule has 7 heteroatoms. The van der Waals surface area contributed by atoms with E-state index in [4.69, 9.17) is 10.5 Å². The number of likely N-dealkylation sites (tertiary alicyclic amines) is 1. The van der Waals surface area contributed by atoms with Crippen molar-refractivity contribution in [3.05, 3.63) is 0 Å². The average Bonchev–Trinajstić information content (AvgIpc) is 2.83. The van der Waals surface area contributed by atoms with Crippen LogP contribution in [0, 0.1) is 5.92 Å². The summed E-state index contributed by atoms with van der Waals surface area (Å²) in [6, 6.07) is 0.262. The lowest BCUT2D eigenvalue weighted by Gasteiger charge is -2.38. The van der Waals surface area contributed by atoms with Gasteiger partial charge in [0.15, 0.2) is 0 Å². The van der Waals surface area contributed by atoms with Crippen LogP contribution in [0.5, 0.6) is 0 Å². The highest BCUT2D eigenvalue weighted by molar-refractivity contribution is 5.85. The largest absolute Gasteiger partial charge is 0.373 e. The van der Waals surface area contributed by atoms with Gasteiger partial charge in [-0.15, -0.1) is 24.8 Å². The predicted molar refractivity (Wildman–Crippen MR) is 98.5 cm³/mol. The van der Waals surface area contributed by atoms with Crippen molar-refractivity contribution in [2.45, 2.75) is 64.8 Å². The molecule has 2 fully saturated rings. The van der Waals surface area contributed by atoms with Crippen LogP contribution in [0.1, 0.15) is 40.5 Å². The first-order chi connectivity index (χ1) is 9.88. The highest BCUT2D eigenvalue weighted by atomic mass is 35.5. The van der Waals surface area contributed by atoms with E-state index in [2.05, 4.69) is 23.6 Å². The van der Waals surface area contributed by atoms with Crippen molar-refractivity contribution in [2.75, 3.05) is 26.2 Å². The van der Waals surface area contributed by atoms with Crippen LogP contribution in [0.2, 0.25) is 0 Å². The fraction of sp³-hybridized carbons (Fsp3) is 0.938. The maximum Gasteiger partial charge on any atom is 0.227 e. The maximum absolute atomic E-state index is 12.6. The van der Waals surface area contributed by atoms with Crippen LogP contribution < -0.4 is 5.73 Å². The van der Waals surface area contributed by atoms with Crippen LogP contribution >= 0.6 is 24.8 Å². The van der Waals surface area contributed by atoms with Crippen LogP contribution in [-0.2, 0) is 9.53 Å². The summed E-state index contributed by atoms with van der Waals surface area (Å²) in [4.78, 5) is 17.1. The summed E-state index contributed by atoms with van der Waals surface area (Å²) in [7, 11) is 0. The lowest BCUT2D eigenvalue weighted by atomic mass is 10.0. The summed E-state index contributed by atoms with van der Waals surface area (Å²) in [5.41, 5.74) is 5.90. The number of carbonyl (C=O) groups excluding carboxylic acids is 1. The molecule has 5 nitrogen and oxygen atoms in total. The van der Waals surface area contributed by atoms with Crippen molar-refractivity contribution in [2.24, 2.45) is 11.7 Å². The minimum atomic E-state index is -0.0897. The monoisotopic (exact) mass is 369 g/mol. The number of hydrogen-bond donors (Lipinski definition) is 1. The molecule has 2 aliphatic rings. The molecule has 23 heavy (non-hydrogen) atoms. The Kier molecular flexibility index (Phi) is 10.0. The SMILES string of the molecule is CC1CN(CC2CCCN2C(=O)C(C)C(C)N)CC(C)O1.Cl.Cl. The Balaban J connectivity index is 0.00000242. The Morgan fingerprint density at radius 1 is 1.22 bits per heavy atom. The Labute approximate surface area is 153 Å². The summed E-state index contributed by atoms with van der Waals surface area (Å²) >= 11 is 0. The summed E-state index contributed by atoms with van der Waals surface area (Å²) in [6.45, 7) is 11.9. The van der Waals surface area contributed by atoms with Gasteiger partial charge in [0.05, 0.1) is 18.1 Å². The molecule has 1 amide bonds. The molecule has 2 heterocycles. The number of nitrogens with two attached hydrogens (primary N) is 1. The zero-order chi connectivity index (χ0) is 15.6. The first-order valence-electron chi connectivity index (χ1n) is 8.32. The van der Waals surface area contributed by atoms with E-state index in [-0.39, 0.29) is 54.9 Å². The number of morpholine rings is 1. The highest BCUT2D eigenvalue weighted by Gasteiger charge is 2.34. The molecule has 0 aromatic heterocycles. The summed E-state index contributed by atoms with van der Waals surface area (Å²) in [5, 5.41) is 0. The molecule has 2 rings (SSSR count). The highest BCUT2D eigenvalue weighted by Crippen LogP contribution is 2.23. The average molecular weight is 370 g/mol. The Morgan fingerprint density at radius 2 is 1.78 bits per heavy atom. The molecular formula is C16H33Cl2N3O2. The van der Waals surface area contributed by atoms with Crippen LogP contribution in [0.3, 0.4) is 0 Å². The molecule has 138 valence electrons. The number of carbonyl (C=O) groups is 1. The zero-order valence-electron chi connectivity index (χ0n) is 14.7. The van der Waals surface area contributed by atoms with E-state index >= 15 is 0 Å². The number of nitrogens with zero attached hydrogens (tertiary/aromatic N) is 2. The third kappa shape index (κ3) is 6.05. The summed E-state index contributed by atoms with van der Waals surface area (Å²) in [6.07, 6.45) is 2.78. The lowest BCUT2D eigenvalue weighted by Crippen LogP contribution is -2.52. The zero-order valence-corrected chi connectivity index (χ0v) is 16.4. The number of amides is 1. The van der Waals surface area contributed by atoms with E-state index < -0.39 is 0 Å². The normalized spacial score (nSPS) is 31.0. The molecule has 0 bridgehead atoms. The van der Waals surface area contributed by atoms with Gasteiger partial charge in [0.1, 0.15) is 0 Å². The van der Waals surface area contributed by atoms with Gasteiger partial charge in [-0.25, -0.2) is 0 Å².